The molecule has 1 atom stereocenters. The molecule has 1 aromatic carbocycles. The summed E-state index contributed by atoms with van der Waals surface area (Å²) in [4.78, 5) is 4.54. The van der Waals surface area contributed by atoms with E-state index in [1.165, 1.54) is 5.56 Å². The molecule has 108 valence electrons. The molecular formula is C16H22ClN3. The summed E-state index contributed by atoms with van der Waals surface area (Å²) >= 11 is 6.27. The van der Waals surface area contributed by atoms with Gasteiger partial charge in [0, 0.05) is 24.0 Å². The van der Waals surface area contributed by atoms with Gasteiger partial charge in [0.25, 0.3) is 0 Å². The number of hydrogen-bond donors (Lipinski definition) is 1. The standard InChI is InChI=1S/C16H22ClN3/c1-4-9-18-15(16-19-10-11-20(16)5-2)13-7-6-8-14(17)12(13)3/h6-8,10-11,15,18H,4-5,9H2,1-3H3. The van der Waals surface area contributed by atoms with Crippen LogP contribution in [0, 0.1) is 6.92 Å². The van der Waals surface area contributed by atoms with Crippen molar-refractivity contribution >= 4 is 11.6 Å². The summed E-state index contributed by atoms with van der Waals surface area (Å²) < 4.78 is 2.17. The second-order valence-electron chi connectivity index (χ2n) is 4.91. The lowest BCUT2D eigenvalue weighted by Crippen LogP contribution is -2.27. The van der Waals surface area contributed by atoms with Crippen LogP contribution in [0.15, 0.2) is 30.6 Å². The quantitative estimate of drug-likeness (QED) is 0.873. The van der Waals surface area contributed by atoms with E-state index in [0.29, 0.717) is 0 Å². The molecule has 0 bridgehead atoms. The van der Waals surface area contributed by atoms with Gasteiger partial charge in [0.15, 0.2) is 0 Å². The molecule has 3 nitrogen and oxygen atoms in total. The number of halogens is 1. The van der Waals surface area contributed by atoms with Gasteiger partial charge < -0.3 is 9.88 Å². The van der Waals surface area contributed by atoms with Gasteiger partial charge in [-0.05, 0) is 44.0 Å². The first-order chi connectivity index (χ1) is 9.69. The van der Waals surface area contributed by atoms with E-state index in [0.717, 1.165) is 35.9 Å². The van der Waals surface area contributed by atoms with Gasteiger partial charge in [-0.25, -0.2) is 4.98 Å². The molecule has 1 N–H and O–H groups in total. The Labute approximate surface area is 126 Å². The molecule has 0 saturated carbocycles. The van der Waals surface area contributed by atoms with Crippen molar-refractivity contribution in [2.75, 3.05) is 6.54 Å². The van der Waals surface area contributed by atoms with Gasteiger partial charge in [0.2, 0.25) is 0 Å². The first-order valence-electron chi connectivity index (χ1n) is 7.18. The topological polar surface area (TPSA) is 29.9 Å². The molecule has 0 aliphatic rings. The molecule has 20 heavy (non-hydrogen) atoms. The molecule has 0 saturated heterocycles. The van der Waals surface area contributed by atoms with Gasteiger partial charge in [-0.2, -0.15) is 0 Å². The first-order valence-corrected chi connectivity index (χ1v) is 7.56. The minimum Gasteiger partial charge on any atom is -0.334 e. The van der Waals surface area contributed by atoms with Crippen LogP contribution in [0.1, 0.15) is 43.3 Å². The highest BCUT2D eigenvalue weighted by Crippen LogP contribution is 2.28. The van der Waals surface area contributed by atoms with Crippen LogP contribution in [0.4, 0.5) is 0 Å². The zero-order valence-corrected chi connectivity index (χ0v) is 13.1. The summed E-state index contributed by atoms with van der Waals surface area (Å²) in [5.41, 5.74) is 2.32. The lowest BCUT2D eigenvalue weighted by Gasteiger charge is -2.22. The molecule has 0 amide bonds. The molecule has 1 unspecified atom stereocenters. The van der Waals surface area contributed by atoms with Gasteiger partial charge >= 0.3 is 0 Å². The largest absolute Gasteiger partial charge is 0.334 e. The average Bonchev–Trinajstić information content (AvgIpc) is 2.92. The van der Waals surface area contributed by atoms with E-state index >= 15 is 0 Å². The third-order valence-corrected chi connectivity index (χ3v) is 3.98. The molecule has 4 heteroatoms. The maximum Gasteiger partial charge on any atom is 0.130 e. The highest BCUT2D eigenvalue weighted by atomic mass is 35.5. The molecule has 0 fully saturated rings. The normalized spacial score (nSPS) is 12.6. The zero-order valence-electron chi connectivity index (χ0n) is 12.4. The van der Waals surface area contributed by atoms with Gasteiger partial charge in [-0.1, -0.05) is 30.7 Å². The predicted octanol–water partition coefficient (Wildman–Crippen LogP) is 3.95. The van der Waals surface area contributed by atoms with Crippen LogP contribution in [0.5, 0.6) is 0 Å². The Morgan fingerprint density at radius 3 is 2.85 bits per heavy atom. The second kappa shape index (κ2) is 6.91. The smallest absolute Gasteiger partial charge is 0.130 e. The van der Waals surface area contributed by atoms with E-state index in [9.17, 15) is 0 Å². The third-order valence-electron chi connectivity index (χ3n) is 3.57. The molecule has 0 aliphatic heterocycles. The molecular weight excluding hydrogens is 270 g/mol. The average molecular weight is 292 g/mol. The van der Waals surface area contributed by atoms with Crippen LogP contribution in [-0.2, 0) is 6.54 Å². The van der Waals surface area contributed by atoms with Crippen molar-refractivity contribution in [2.24, 2.45) is 0 Å². The van der Waals surface area contributed by atoms with Crippen LogP contribution in [0.3, 0.4) is 0 Å². The van der Waals surface area contributed by atoms with Crippen LogP contribution >= 0.6 is 11.6 Å². The van der Waals surface area contributed by atoms with Crippen LogP contribution in [0.25, 0.3) is 0 Å². The predicted molar refractivity (Wildman–Crippen MR) is 84.2 cm³/mol. The Bertz CT molecular complexity index is 563. The van der Waals surface area contributed by atoms with Crippen LogP contribution in [-0.4, -0.2) is 16.1 Å². The number of nitrogens with zero attached hydrogens (tertiary/aromatic N) is 2. The minimum atomic E-state index is 0.0867. The lowest BCUT2D eigenvalue weighted by molar-refractivity contribution is 0.540. The van der Waals surface area contributed by atoms with E-state index in [-0.39, 0.29) is 6.04 Å². The third kappa shape index (κ3) is 3.05. The maximum atomic E-state index is 6.27. The number of aromatic nitrogens is 2. The molecule has 2 rings (SSSR count). The molecule has 1 heterocycles. The van der Waals surface area contributed by atoms with Crippen molar-refractivity contribution in [3.8, 4) is 0 Å². The number of nitrogens with one attached hydrogen (secondary N) is 1. The zero-order chi connectivity index (χ0) is 14.5. The van der Waals surface area contributed by atoms with Gasteiger partial charge in [-0.3, -0.25) is 0 Å². The monoisotopic (exact) mass is 291 g/mol. The van der Waals surface area contributed by atoms with E-state index in [1.54, 1.807) is 0 Å². The van der Waals surface area contributed by atoms with Crippen molar-refractivity contribution in [1.29, 1.82) is 0 Å². The summed E-state index contributed by atoms with van der Waals surface area (Å²) in [6, 6.07) is 6.15. The molecule has 2 aromatic rings. The van der Waals surface area contributed by atoms with Gasteiger partial charge in [0.05, 0.1) is 6.04 Å². The Morgan fingerprint density at radius 1 is 1.35 bits per heavy atom. The first kappa shape index (κ1) is 15.1. The Kier molecular flexibility index (Phi) is 5.21. The fourth-order valence-corrected chi connectivity index (χ4v) is 2.60. The number of benzene rings is 1. The van der Waals surface area contributed by atoms with Crippen molar-refractivity contribution in [1.82, 2.24) is 14.9 Å². The second-order valence-corrected chi connectivity index (χ2v) is 5.32. The van der Waals surface area contributed by atoms with E-state index in [1.807, 2.05) is 24.5 Å². The summed E-state index contributed by atoms with van der Waals surface area (Å²) in [7, 11) is 0. The highest BCUT2D eigenvalue weighted by molar-refractivity contribution is 6.31. The van der Waals surface area contributed by atoms with Crippen molar-refractivity contribution in [2.45, 2.75) is 39.8 Å². The summed E-state index contributed by atoms with van der Waals surface area (Å²) in [6.45, 7) is 8.23. The fourth-order valence-electron chi connectivity index (χ4n) is 2.41. The fraction of sp³-hybridized carbons (Fsp3) is 0.438. The number of imidazole rings is 1. The van der Waals surface area contributed by atoms with E-state index in [4.69, 9.17) is 11.6 Å². The number of hydrogen-bond acceptors (Lipinski definition) is 2. The highest BCUT2D eigenvalue weighted by Gasteiger charge is 2.20. The lowest BCUT2D eigenvalue weighted by atomic mass is 10.00. The molecule has 0 spiro atoms. The molecule has 0 aliphatic carbocycles. The van der Waals surface area contributed by atoms with Crippen molar-refractivity contribution < 1.29 is 0 Å². The van der Waals surface area contributed by atoms with Crippen LogP contribution < -0.4 is 5.32 Å². The summed E-state index contributed by atoms with van der Waals surface area (Å²) in [5.74, 6) is 1.05. The van der Waals surface area contributed by atoms with Crippen LogP contribution in [0.2, 0.25) is 5.02 Å². The van der Waals surface area contributed by atoms with Gasteiger partial charge in [0.1, 0.15) is 5.82 Å². The minimum absolute atomic E-state index is 0.0867. The summed E-state index contributed by atoms with van der Waals surface area (Å²) in [5, 5.41) is 4.39. The Hall–Kier alpha value is -1.32. The number of rotatable bonds is 6. The maximum absolute atomic E-state index is 6.27. The molecule has 1 aromatic heterocycles. The van der Waals surface area contributed by atoms with Crippen molar-refractivity contribution in [3.63, 3.8) is 0 Å². The van der Waals surface area contributed by atoms with Crippen molar-refractivity contribution in [3.05, 3.63) is 52.6 Å². The summed E-state index contributed by atoms with van der Waals surface area (Å²) in [6.07, 6.45) is 4.97. The Morgan fingerprint density at radius 2 is 2.15 bits per heavy atom. The molecule has 0 radical (unpaired) electrons. The SMILES string of the molecule is CCCNC(c1cccc(Cl)c1C)c1nccn1CC. The number of aryl methyl sites for hydroxylation is 1. The van der Waals surface area contributed by atoms with E-state index in [2.05, 4.69) is 41.7 Å². The Balaban J connectivity index is 2.44. The van der Waals surface area contributed by atoms with Gasteiger partial charge in [-0.15, -0.1) is 0 Å². The van der Waals surface area contributed by atoms with E-state index < -0.39 is 0 Å².